The molecule has 1 atom stereocenters. The largest absolute Gasteiger partial charge is 0.374 e. The first kappa shape index (κ1) is 12.4. The SMILES string of the molecule is CC(CN)CN1C(=O)CNc2cc(C#N)ccc21. The van der Waals surface area contributed by atoms with Gasteiger partial charge in [-0.15, -0.1) is 0 Å². The number of hydrogen-bond acceptors (Lipinski definition) is 4. The van der Waals surface area contributed by atoms with Crippen molar-refractivity contribution in [1.82, 2.24) is 0 Å². The fourth-order valence-electron chi connectivity index (χ4n) is 1.97. The molecule has 1 aromatic carbocycles. The summed E-state index contributed by atoms with van der Waals surface area (Å²) in [7, 11) is 0. The lowest BCUT2D eigenvalue weighted by Crippen LogP contribution is -2.43. The van der Waals surface area contributed by atoms with Crippen molar-refractivity contribution in [2.75, 3.05) is 29.9 Å². The second-order valence-corrected chi connectivity index (χ2v) is 4.54. The number of nitriles is 1. The number of anilines is 2. The highest BCUT2D eigenvalue weighted by atomic mass is 16.2. The highest BCUT2D eigenvalue weighted by molar-refractivity contribution is 6.02. The second-order valence-electron chi connectivity index (χ2n) is 4.54. The normalized spacial score (nSPS) is 15.6. The molecule has 18 heavy (non-hydrogen) atoms. The van der Waals surface area contributed by atoms with Crippen LogP contribution in [0.1, 0.15) is 12.5 Å². The van der Waals surface area contributed by atoms with Crippen molar-refractivity contribution in [1.29, 1.82) is 5.26 Å². The van der Waals surface area contributed by atoms with Crippen LogP contribution in [-0.4, -0.2) is 25.5 Å². The van der Waals surface area contributed by atoms with Gasteiger partial charge in [0.1, 0.15) is 0 Å². The number of rotatable bonds is 3. The molecular formula is C13H16N4O. The van der Waals surface area contributed by atoms with Gasteiger partial charge >= 0.3 is 0 Å². The molecule has 0 bridgehead atoms. The quantitative estimate of drug-likeness (QED) is 0.828. The third-order valence-electron chi connectivity index (χ3n) is 3.04. The van der Waals surface area contributed by atoms with Gasteiger partial charge in [-0.1, -0.05) is 6.92 Å². The Morgan fingerprint density at radius 2 is 2.39 bits per heavy atom. The Kier molecular flexibility index (Phi) is 3.49. The molecule has 0 spiro atoms. The van der Waals surface area contributed by atoms with Gasteiger partial charge in [0.2, 0.25) is 5.91 Å². The summed E-state index contributed by atoms with van der Waals surface area (Å²) in [5, 5.41) is 11.9. The smallest absolute Gasteiger partial charge is 0.246 e. The van der Waals surface area contributed by atoms with Crippen LogP contribution in [0.3, 0.4) is 0 Å². The summed E-state index contributed by atoms with van der Waals surface area (Å²) in [5.74, 6) is 0.281. The number of nitrogens with zero attached hydrogens (tertiary/aromatic N) is 2. The Hall–Kier alpha value is -2.06. The minimum absolute atomic E-state index is 0.0347. The van der Waals surface area contributed by atoms with Gasteiger partial charge in [0.05, 0.1) is 29.6 Å². The van der Waals surface area contributed by atoms with Crippen molar-refractivity contribution in [2.45, 2.75) is 6.92 Å². The van der Waals surface area contributed by atoms with Crippen LogP contribution in [0.4, 0.5) is 11.4 Å². The fourth-order valence-corrected chi connectivity index (χ4v) is 1.97. The molecule has 1 aromatic rings. The zero-order valence-electron chi connectivity index (χ0n) is 10.3. The van der Waals surface area contributed by atoms with E-state index < -0.39 is 0 Å². The van der Waals surface area contributed by atoms with Crippen LogP contribution in [0.2, 0.25) is 0 Å². The molecule has 1 heterocycles. The Labute approximate surface area is 106 Å². The first-order valence-corrected chi connectivity index (χ1v) is 5.94. The Bertz CT molecular complexity index is 506. The van der Waals surface area contributed by atoms with E-state index in [2.05, 4.69) is 11.4 Å². The number of hydrogen-bond donors (Lipinski definition) is 2. The van der Waals surface area contributed by atoms with Gasteiger partial charge in [0.15, 0.2) is 0 Å². The average molecular weight is 244 g/mol. The van der Waals surface area contributed by atoms with Gasteiger partial charge in [-0.25, -0.2) is 0 Å². The highest BCUT2D eigenvalue weighted by Crippen LogP contribution is 2.30. The van der Waals surface area contributed by atoms with Crippen LogP contribution < -0.4 is 16.0 Å². The van der Waals surface area contributed by atoms with Crippen LogP contribution in [0.25, 0.3) is 0 Å². The van der Waals surface area contributed by atoms with E-state index in [9.17, 15) is 4.79 Å². The van der Waals surface area contributed by atoms with Gasteiger partial charge in [0.25, 0.3) is 0 Å². The predicted molar refractivity (Wildman–Crippen MR) is 70.2 cm³/mol. The number of nitrogens with one attached hydrogen (secondary N) is 1. The van der Waals surface area contributed by atoms with Gasteiger partial charge in [-0.2, -0.15) is 5.26 Å². The molecule has 2 rings (SSSR count). The van der Waals surface area contributed by atoms with Crippen LogP contribution >= 0.6 is 0 Å². The molecule has 0 aromatic heterocycles. The van der Waals surface area contributed by atoms with Crippen molar-refractivity contribution in [3.63, 3.8) is 0 Å². The molecule has 0 saturated heterocycles. The molecule has 5 heteroatoms. The Morgan fingerprint density at radius 1 is 1.61 bits per heavy atom. The van der Waals surface area contributed by atoms with Crippen molar-refractivity contribution >= 4 is 17.3 Å². The summed E-state index contributed by atoms with van der Waals surface area (Å²) in [6.45, 7) is 3.43. The third kappa shape index (κ3) is 2.29. The van der Waals surface area contributed by atoms with Crippen LogP contribution in [0.15, 0.2) is 18.2 Å². The zero-order chi connectivity index (χ0) is 13.1. The number of benzene rings is 1. The molecule has 0 radical (unpaired) electrons. The molecule has 1 unspecified atom stereocenters. The van der Waals surface area contributed by atoms with E-state index in [1.54, 1.807) is 23.1 Å². The first-order valence-electron chi connectivity index (χ1n) is 5.94. The van der Waals surface area contributed by atoms with E-state index in [4.69, 9.17) is 11.0 Å². The maximum Gasteiger partial charge on any atom is 0.246 e. The minimum Gasteiger partial charge on any atom is -0.374 e. The zero-order valence-corrected chi connectivity index (χ0v) is 10.3. The standard InChI is InChI=1S/C13H16N4O/c1-9(5-14)8-17-12-3-2-10(6-15)4-11(12)16-7-13(17)18/h2-4,9,16H,5,7-8,14H2,1H3. The molecular weight excluding hydrogens is 228 g/mol. The van der Waals surface area contributed by atoms with Gasteiger partial charge in [-0.05, 0) is 30.7 Å². The molecule has 5 nitrogen and oxygen atoms in total. The summed E-state index contributed by atoms with van der Waals surface area (Å²) in [5.41, 5.74) is 7.85. The maximum absolute atomic E-state index is 11.9. The predicted octanol–water partition coefficient (Wildman–Crippen LogP) is 0.912. The molecule has 3 N–H and O–H groups in total. The molecule has 0 aliphatic carbocycles. The Morgan fingerprint density at radius 3 is 3.06 bits per heavy atom. The molecule has 1 amide bonds. The van der Waals surface area contributed by atoms with Crippen molar-refractivity contribution in [3.05, 3.63) is 23.8 Å². The summed E-state index contributed by atoms with van der Waals surface area (Å²) < 4.78 is 0. The molecule has 94 valence electrons. The number of carbonyl (C=O) groups is 1. The lowest BCUT2D eigenvalue weighted by Gasteiger charge is -2.32. The summed E-state index contributed by atoms with van der Waals surface area (Å²) in [4.78, 5) is 13.7. The number of nitrogens with two attached hydrogens (primary N) is 1. The van der Waals surface area contributed by atoms with E-state index in [-0.39, 0.29) is 18.4 Å². The maximum atomic E-state index is 11.9. The highest BCUT2D eigenvalue weighted by Gasteiger charge is 2.24. The van der Waals surface area contributed by atoms with E-state index in [0.717, 1.165) is 11.4 Å². The molecule has 0 saturated carbocycles. The number of fused-ring (bicyclic) bond motifs is 1. The summed E-state index contributed by atoms with van der Waals surface area (Å²) in [6.07, 6.45) is 0. The molecule has 1 aliphatic heterocycles. The first-order chi connectivity index (χ1) is 8.65. The lowest BCUT2D eigenvalue weighted by molar-refractivity contribution is -0.117. The molecule has 1 aliphatic rings. The van der Waals surface area contributed by atoms with E-state index >= 15 is 0 Å². The average Bonchev–Trinajstić information content (AvgIpc) is 2.41. The van der Waals surface area contributed by atoms with Gasteiger partial charge in [-0.3, -0.25) is 4.79 Å². The Balaban J connectivity index is 2.33. The van der Waals surface area contributed by atoms with Crippen LogP contribution in [-0.2, 0) is 4.79 Å². The lowest BCUT2D eigenvalue weighted by atomic mass is 10.1. The van der Waals surface area contributed by atoms with Crippen molar-refractivity contribution in [3.8, 4) is 6.07 Å². The monoisotopic (exact) mass is 244 g/mol. The van der Waals surface area contributed by atoms with E-state index in [1.807, 2.05) is 6.92 Å². The van der Waals surface area contributed by atoms with Crippen LogP contribution in [0, 0.1) is 17.2 Å². The second kappa shape index (κ2) is 5.07. The number of amides is 1. The van der Waals surface area contributed by atoms with E-state index in [0.29, 0.717) is 18.7 Å². The minimum atomic E-state index is 0.0347. The summed E-state index contributed by atoms with van der Waals surface area (Å²) >= 11 is 0. The van der Waals surface area contributed by atoms with Crippen molar-refractivity contribution in [2.24, 2.45) is 11.7 Å². The number of carbonyl (C=O) groups excluding carboxylic acids is 1. The fraction of sp³-hybridized carbons (Fsp3) is 0.385. The molecule has 0 fully saturated rings. The van der Waals surface area contributed by atoms with Crippen molar-refractivity contribution < 1.29 is 4.79 Å². The third-order valence-corrected chi connectivity index (χ3v) is 3.04. The summed E-state index contributed by atoms with van der Waals surface area (Å²) in [6, 6.07) is 7.39. The van der Waals surface area contributed by atoms with E-state index in [1.165, 1.54) is 0 Å². The topological polar surface area (TPSA) is 82.2 Å². The van der Waals surface area contributed by atoms with Crippen LogP contribution in [0.5, 0.6) is 0 Å². The van der Waals surface area contributed by atoms with Gasteiger partial charge in [0, 0.05) is 6.54 Å². The van der Waals surface area contributed by atoms with Gasteiger partial charge < -0.3 is 16.0 Å².